The summed E-state index contributed by atoms with van der Waals surface area (Å²) in [5.74, 6) is 0. The summed E-state index contributed by atoms with van der Waals surface area (Å²) in [6, 6.07) is 1.99. The highest BCUT2D eigenvalue weighted by Crippen LogP contribution is 2.41. The number of alkyl halides is 1. The summed E-state index contributed by atoms with van der Waals surface area (Å²) in [6.45, 7) is 2.07. The predicted octanol–water partition coefficient (Wildman–Crippen LogP) is 5.86. The van der Waals surface area contributed by atoms with Crippen LogP contribution >= 0.6 is 61.8 Å². The second-order valence-electron chi connectivity index (χ2n) is 3.14. The third-order valence-corrected chi connectivity index (χ3v) is 6.10. The van der Waals surface area contributed by atoms with Gasteiger partial charge in [0.15, 0.2) is 0 Å². The van der Waals surface area contributed by atoms with Crippen molar-refractivity contribution >= 4 is 61.8 Å². The van der Waals surface area contributed by atoms with Gasteiger partial charge >= 0.3 is 0 Å². The van der Waals surface area contributed by atoms with Crippen molar-refractivity contribution in [2.24, 2.45) is 0 Å². The van der Waals surface area contributed by atoms with E-state index in [4.69, 9.17) is 23.2 Å². The molecule has 0 amide bonds. The fourth-order valence-corrected chi connectivity index (χ4v) is 4.39. The van der Waals surface area contributed by atoms with Gasteiger partial charge < -0.3 is 0 Å². The molecule has 0 N–H and O–H groups in total. The van der Waals surface area contributed by atoms with Crippen molar-refractivity contribution in [1.82, 2.24) is 0 Å². The maximum absolute atomic E-state index is 6.40. The fraction of sp³-hybridized carbons (Fsp3) is 0.200. The molecule has 0 nitrogen and oxygen atoms in total. The van der Waals surface area contributed by atoms with Gasteiger partial charge in [-0.25, -0.2) is 0 Å². The molecule has 2 rings (SSSR count). The number of hydrogen-bond acceptors (Lipinski definition) is 2. The van der Waals surface area contributed by atoms with Crippen molar-refractivity contribution in [3.8, 4) is 0 Å². The van der Waals surface area contributed by atoms with Gasteiger partial charge in [0.05, 0.1) is 5.38 Å². The lowest BCUT2D eigenvalue weighted by molar-refractivity contribution is 1.17. The number of aryl methyl sites for hydroxylation is 1. The number of thiophene rings is 2. The number of halogens is 3. The number of rotatable bonds is 2. The second-order valence-corrected chi connectivity index (χ2v) is 6.86. The van der Waals surface area contributed by atoms with Crippen molar-refractivity contribution in [3.05, 3.63) is 41.6 Å². The van der Waals surface area contributed by atoms with Crippen LogP contribution in [-0.4, -0.2) is 0 Å². The van der Waals surface area contributed by atoms with Crippen LogP contribution in [0.4, 0.5) is 0 Å². The van der Waals surface area contributed by atoms with Crippen molar-refractivity contribution in [3.63, 3.8) is 0 Å². The van der Waals surface area contributed by atoms with Crippen LogP contribution < -0.4 is 0 Å². The first-order valence-electron chi connectivity index (χ1n) is 4.21. The maximum Gasteiger partial charge on any atom is 0.107 e. The maximum atomic E-state index is 6.40. The Labute approximate surface area is 115 Å². The summed E-state index contributed by atoms with van der Waals surface area (Å²) in [6.07, 6.45) is 0. The Hall–Kier alpha value is 0.460. The average molecular weight is 342 g/mol. The van der Waals surface area contributed by atoms with Gasteiger partial charge in [-0.1, -0.05) is 11.6 Å². The average Bonchev–Trinajstić information content (AvgIpc) is 2.74. The molecule has 80 valence electrons. The van der Waals surface area contributed by atoms with Crippen LogP contribution in [0.1, 0.15) is 21.4 Å². The Morgan fingerprint density at radius 1 is 1.40 bits per heavy atom. The first-order valence-corrected chi connectivity index (χ1v) is 7.57. The minimum absolute atomic E-state index is 0.0925. The largest absolute Gasteiger partial charge is 0.152 e. The molecule has 0 bridgehead atoms. The lowest BCUT2D eigenvalue weighted by Gasteiger charge is -2.05. The normalized spacial score (nSPS) is 13.1. The highest BCUT2D eigenvalue weighted by Gasteiger charge is 2.17. The molecule has 2 heterocycles. The van der Waals surface area contributed by atoms with Crippen molar-refractivity contribution in [2.75, 3.05) is 0 Å². The Morgan fingerprint density at radius 3 is 2.60 bits per heavy atom. The third kappa shape index (κ3) is 2.42. The summed E-state index contributed by atoms with van der Waals surface area (Å²) >= 11 is 19.0. The van der Waals surface area contributed by atoms with Gasteiger partial charge in [0.1, 0.15) is 4.34 Å². The number of hydrogen-bond donors (Lipinski definition) is 0. The molecule has 0 radical (unpaired) electrons. The van der Waals surface area contributed by atoms with E-state index in [-0.39, 0.29) is 5.38 Å². The van der Waals surface area contributed by atoms with Gasteiger partial charge in [0, 0.05) is 9.35 Å². The minimum atomic E-state index is -0.0925. The Balaban J connectivity index is 2.36. The zero-order valence-corrected chi connectivity index (χ0v) is 12.5. The molecule has 0 aliphatic rings. The molecule has 0 saturated carbocycles. The Bertz CT molecular complexity index is 456. The molecule has 5 heteroatoms. The van der Waals surface area contributed by atoms with E-state index in [0.717, 1.165) is 13.7 Å². The fourth-order valence-electron chi connectivity index (χ4n) is 1.27. The van der Waals surface area contributed by atoms with E-state index in [2.05, 4.69) is 33.6 Å². The van der Waals surface area contributed by atoms with Crippen LogP contribution in [-0.2, 0) is 0 Å². The Kier molecular flexibility index (Phi) is 3.79. The topological polar surface area (TPSA) is 0 Å². The van der Waals surface area contributed by atoms with Crippen LogP contribution in [0.25, 0.3) is 0 Å². The monoisotopic (exact) mass is 340 g/mol. The molecule has 0 aliphatic carbocycles. The first-order chi connectivity index (χ1) is 7.09. The molecule has 0 spiro atoms. The molecule has 0 fully saturated rings. The van der Waals surface area contributed by atoms with Gasteiger partial charge in [-0.2, -0.15) is 11.3 Å². The highest BCUT2D eigenvalue weighted by atomic mass is 79.9. The van der Waals surface area contributed by atoms with Crippen LogP contribution in [0.15, 0.2) is 21.3 Å². The minimum Gasteiger partial charge on any atom is -0.152 e. The van der Waals surface area contributed by atoms with E-state index >= 15 is 0 Å². The third-order valence-electron chi connectivity index (χ3n) is 2.08. The van der Waals surface area contributed by atoms with Gasteiger partial charge in [0.25, 0.3) is 0 Å². The zero-order chi connectivity index (χ0) is 11.0. The van der Waals surface area contributed by atoms with Gasteiger partial charge in [-0.05, 0) is 50.8 Å². The molecular weight excluding hydrogens is 335 g/mol. The van der Waals surface area contributed by atoms with E-state index in [0.29, 0.717) is 0 Å². The van der Waals surface area contributed by atoms with E-state index in [1.807, 2.05) is 6.07 Å². The van der Waals surface area contributed by atoms with Crippen LogP contribution in [0.3, 0.4) is 0 Å². The molecule has 2 aromatic rings. The lowest BCUT2D eigenvalue weighted by Crippen LogP contribution is -1.89. The Morgan fingerprint density at radius 2 is 2.13 bits per heavy atom. The standard InChI is InChI=1S/C10H7BrCl2S2/c1-5-3-14-4-6(5)9(12)8-2-7(11)10(13)15-8/h2-4,9H,1H3. The van der Waals surface area contributed by atoms with Gasteiger partial charge in [-0.3, -0.25) is 0 Å². The van der Waals surface area contributed by atoms with Crippen LogP contribution in [0.5, 0.6) is 0 Å². The van der Waals surface area contributed by atoms with Crippen LogP contribution in [0.2, 0.25) is 4.34 Å². The van der Waals surface area contributed by atoms with Gasteiger partial charge in [0.2, 0.25) is 0 Å². The van der Waals surface area contributed by atoms with Crippen molar-refractivity contribution < 1.29 is 0 Å². The van der Waals surface area contributed by atoms with E-state index in [1.54, 1.807) is 11.3 Å². The predicted molar refractivity (Wildman–Crippen MR) is 73.8 cm³/mol. The molecule has 0 saturated heterocycles. The summed E-state index contributed by atoms with van der Waals surface area (Å²) < 4.78 is 1.67. The van der Waals surface area contributed by atoms with Crippen LogP contribution in [0, 0.1) is 6.92 Å². The molecule has 1 unspecified atom stereocenters. The molecule has 0 aliphatic heterocycles. The van der Waals surface area contributed by atoms with Crippen molar-refractivity contribution in [1.29, 1.82) is 0 Å². The SMILES string of the molecule is Cc1cscc1C(Cl)c1cc(Br)c(Cl)s1. The summed E-state index contributed by atoms with van der Waals surface area (Å²) in [5.41, 5.74) is 2.41. The smallest absolute Gasteiger partial charge is 0.107 e. The zero-order valence-electron chi connectivity index (χ0n) is 7.76. The first kappa shape index (κ1) is 11.9. The van der Waals surface area contributed by atoms with E-state index in [9.17, 15) is 0 Å². The van der Waals surface area contributed by atoms with Crippen molar-refractivity contribution in [2.45, 2.75) is 12.3 Å². The summed E-state index contributed by atoms with van der Waals surface area (Å²) in [4.78, 5) is 1.08. The van der Waals surface area contributed by atoms with Gasteiger partial charge in [-0.15, -0.1) is 22.9 Å². The molecule has 15 heavy (non-hydrogen) atoms. The van der Waals surface area contributed by atoms with E-state index < -0.39 is 0 Å². The lowest BCUT2D eigenvalue weighted by atomic mass is 10.1. The second kappa shape index (κ2) is 4.76. The molecule has 1 atom stereocenters. The highest BCUT2D eigenvalue weighted by molar-refractivity contribution is 9.10. The molecular formula is C10H7BrCl2S2. The molecule has 0 aromatic carbocycles. The summed E-state index contributed by atoms with van der Waals surface area (Å²) in [5, 5.41) is 4.11. The van der Waals surface area contributed by atoms with E-state index in [1.165, 1.54) is 22.5 Å². The molecule has 2 aromatic heterocycles. The summed E-state index contributed by atoms with van der Waals surface area (Å²) in [7, 11) is 0. The quantitative estimate of drug-likeness (QED) is 0.600.